The van der Waals surface area contributed by atoms with Crippen molar-refractivity contribution in [3.63, 3.8) is 0 Å². The third-order valence-electron chi connectivity index (χ3n) is 6.82. The Kier molecular flexibility index (Phi) is 10.7. The molecule has 0 fully saturated rings. The summed E-state index contributed by atoms with van der Waals surface area (Å²) in [5, 5.41) is 7.53. The van der Waals surface area contributed by atoms with Gasteiger partial charge in [-0.2, -0.15) is 0 Å². The molecular weight excluding hydrogens is 532 g/mol. The fraction of sp³-hybridized carbons (Fsp3) is 0.394. The zero-order valence-corrected chi connectivity index (χ0v) is 25.3. The van der Waals surface area contributed by atoms with E-state index in [4.69, 9.17) is 10.5 Å². The highest BCUT2D eigenvalue weighted by Crippen LogP contribution is 2.31. The molecule has 0 radical (unpaired) electrons. The fourth-order valence-corrected chi connectivity index (χ4v) is 4.91. The second kappa shape index (κ2) is 14.0. The largest absolute Gasteiger partial charge is 0.444 e. The van der Waals surface area contributed by atoms with Crippen LogP contribution in [0.2, 0.25) is 0 Å². The number of amides is 4. The minimum absolute atomic E-state index is 0.212. The van der Waals surface area contributed by atoms with Crippen molar-refractivity contribution in [3.05, 3.63) is 77.4 Å². The van der Waals surface area contributed by atoms with E-state index in [0.717, 1.165) is 28.3 Å². The first-order valence-corrected chi connectivity index (χ1v) is 14.2. The molecule has 3 aromatic rings. The molecule has 0 aliphatic rings. The first kappa shape index (κ1) is 32.1. The molecule has 0 heterocycles. The first-order valence-electron chi connectivity index (χ1n) is 14.2. The maximum atomic E-state index is 14.2. The van der Waals surface area contributed by atoms with Gasteiger partial charge in [-0.3, -0.25) is 14.4 Å². The van der Waals surface area contributed by atoms with Crippen LogP contribution in [-0.2, 0) is 19.1 Å². The van der Waals surface area contributed by atoms with E-state index in [2.05, 4.69) is 10.6 Å². The number of benzene rings is 3. The van der Waals surface area contributed by atoms with E-state index in [1.165, 1.54) is 4.90 Å². The Morgan fingerprint density at radius 1 is 0.929 bits per heavy atom. The third kappa shape index (κ3) is 8.55. The van der Waals surface area contributed by atoms with Crippen LogP contribution in [0.5, 0.6) is 0 Å². The second-order valence-corrected chi connectivity index (χ2v) is 11.5. The van der Waals surface area contributed by atoms with Gasteiger partial charge < -0.3 is 26.0 Å². The third-order valence-corrected chi connectivity index (χ3v) is 6.82. The molecule has 0 saturated carbocycles. The number of hydrogen-bond donors (Lipinski definition) is 3. The normalized spacial score (nSPS) is 12.7. The molecule has 9 nitrogen and oxygen atoms in total. The van der Waals surface area contributed by atoms with Crippen molar-refractivity contribution in [1.29, 1.82) is 0 Å². The summed E-state index contributed by atoms with van der Waals surface area (Å²) in [6.07, 6.45) is 0.0236. The lowest BCUT2D eigenvalue weighted by Gasteiger charge is -2.35. The molecule has 3 aromatic carbocycles. The van der Waals surface area contributed by atoms with Crippen LogP contribution in [0.25, 0.3) is 10.8 Å². The molecule has 0 spiro atoms. The highest BCUT2D eigenvalue weighted by atomic mass is 16.6. The maximum absolute atomic E-state index is 14.2. The van der Waals surface area contributed by atoms with Gasteiger partial charge in [0.1, 0.15) is 17.7 Å². The number of hydrogen-bond acceptors (Lipinski definition) is 5. The standard InChI is InChI=1S/C33H42N4O5/c1-7-8-18-37(31(40)26(20-27(34)38)36-32(41)42-33(4,5)6)29(28-21(2)12-11-13-22(28)3)30(39)35-25-17-16-23-14-9-10-15-24(23)19-25/h9-17,19,26,29H,7-8,18,20H2,1-6H3,(H2,34,38)(H,35,39)(H,36,41). The topological polar surface area (TPSA) is 131 Å². The number of ether oxygens (including phenoxy) is 1. The van der Waals surface area contributed by atoms with E-state index >= 15 is 0 Å². The molecule has 3 rings (SSSR count). The number of rotatable bonds is 11. The van der Waals surface area contributed by atoms with Crippen LogP contribution in [-0.4, -0.2) is 46.9 Å². The molecule has 0 saturated heterocycles. The Bertz CT molecular complexity index is 1430. The number of alkyl carbamates (subject to hydrolysis) is 1. The summed E-state index contributed by atoms with van der Waals surface area (Å²) in [5.74, 6) is -1.79. The number of nitrogens with two attached hydrogens (primary N) is 1. The van der Waals surface area contributed by atoms with E-state index in [1.54, 1.807) is 20.8 Å². The van der Waals surface area contributed by atoms with Gasteiger partial charge in [0.2, 0.25) is 11.8 Å². The Morgan fingerprint density at radius 3 is 2.17 bits per heavy atom. The Labute approximate surface area is 247 Å². The van der Waals surface area contributed by atoms with Gasteiger partial charge in [-0.05, 0) is 80.6 Å². The zero-order chi connectivity index (χ0) is 31.0. The zero-order valence-electron chi connectivity index (χ0n) is 25.3. The summed E-state index contributed by atoms with van der Waals surface area (Å²) in [4.78, 5) is 54.6. The predicted octanol–water partition coefficient (Wildman–Crippen LogP) is 5.53. The van der Waals surface area contributed by atoms with Gasteiger partial charge in [-0.1, -0.05) is 61.9 Å². The molecule has 4 amide bonds. The van der Waals surface area contributed by atoms with Crippen LogP contribution in [0.3, 0.4) is 0 Å². The smallest absolute Gasteiger partial charge is 0.408 e. The average Bonchev–Trinajstić information content (AvgIpc) is 2.90. The van der Waals surface area contributed by atoms with Crippen LogP contribution in [0.15, 0.2) is 60.7 Å². The van der Waals surface area contributed by atoms with Crippen LogP contribution < -0.4 is 16.4 Å². The van der Waals surface area contributed by atoms with Crippen LogP contribution >= 0.6 is 0 Å². The highest BCUT2D eigenvalue weighted by Gasteiger charge is 2.38. The van der Waals surface area contributed by atoms with Gasteiger partial charge >= 0.3 is 6.09 Å². The van der Waals surface area contributed by atoms with Crippen molar-refractivity contribution >= 4 is 40.3 Å². The van der Waals surface area contributed by atoms with Crippen molar-refractivity contribution < 1.29 is 23.9 Å². The van der Waals surface area contributed by atoms with Crippen molar-refractivity contribution in [3.8, 4) is 0 Å². The molecule has 0 bridgehead atoms. The first-order chi connectivity index (χ1) is 19.8. The molecule has 0 aliphatic carbocycles. The van der Waals surface area contributed by atoms with Gasteiger partial charge in [-0.15, -0.1) is 0 Å². The number of fused-ring (bicyclic) bond motifs is 1. The molecule has 0 aliphatic heterocycles. The molecule has 42 heavy (non-hydrogen) atoms. The molecule has 2 atom stereocenters. The minimum atomic E-state index is -1.32. The Morgan fingerprint density at radius 2 is 1.57 bits per heavy atom. The molecular formula is C33H42N4O5. The number of anilines is 1. The Hall–Kier alpha value is -4.40. The summed E-state index contributed by atoms with van der Waals surface area (Å²) in [5.41, 5.74) is 7.58. The van der Waals surface area contributed by atoms with Crippen LogP contribution in [0.4, 0.5) is 10.5 Å². The lowest BCUT2D eigenvalue weighted by atomic mass is 9.93. The lowest BCUT2D eigenvalue weighted by Crippen LogP contribution is -2.53. The monoisotopic (exact) mass is 574 g/mol. The van der Waals surface area contributed by atoms with Gasteiger partial charge in [-0.25, -0.2) is 4.79 Å². The maximum Gasteiger partial charge on any atom is 0.408 e. The van der Waals surface area contributed by atoms with E-state index in [-0.39, 0.29) is 6.54 Å². The van der Waals surface area contributed by atoms with Crippen molar-refractivity contribution in [2.24, 2.45) is 5.73 Å². The average molecular weight is 575 g/mol. The number of unbranched alkanes of at least 4 members (excludes halogenated alkanes) is 1. The summed E-state index contributed by atoms with van der Waals surface area (Å²) >= 11 is 0. The number of carbonyl (C=O) groups is 4. The highest BCUT2D eigenvalue weighted by molar-refractivity contribution is 6.01. The number of nitrogens with zero attached hydrogens (tertiary/aromatic N) is 1. The molecule has 4 N–H and O–H groups in total. The SMILES string of the molecule is CCCCN(C(=O)C(CC(N)=O)NC(=O)OC(C)(C)C)C(C(=O)Nc1ccc2ccccc2c1)c1c(C)cccc1C. The minimum Gasteiger partial charge on any atom is -0.444 e. The number of aryl methyl sites for hydroxylation is 2. The van der Waals surface area contributed by atoms with Crippen molar-refractivity contribution in [2.75, 3.05) is 11.9 Å². The molecule has 0 aromatic heterocycles. The van der Waals surface area contributed by atoms with Crippen molar-refractivity contribution in [2.45, 2.75) is 78.5 Å². The number of nitrogens with one attached hydrogen (secondary N) is 2. The van der Waals surface area contributed by atoms with E-state index < -0.39 is 47.9 Å². The lowest BCUT2D eigenvalue weighted by molar-refractivity contribution is -0.142. The number of primary amides is 1. The molecule has 224 valence electrons. The van der Waals surface area contributed by atoms with Gasteiger partial charge in [0, 0.05) is 12.2 Å². The second-order valence-electron chi connectivity index (χ2n) is 11.5. The molecule has 9 heteroatoms. The van der Waals surface area contributed by atoms with Gasteiger partial charge in [0.25, 0.3) is 5.91 Å². The Balaban J connectivity index is 2.08. The van der Waals surface area contributed by atoms with E-state index in [1.807, 2.05) is 81.4 Å². The summed E-state index contributed by atoms with van der Waals surface area (Å²) in [7, 11) is 0. The number of carbonyl (C=O) groups excluding carboxylic acids is 4. The fourth-order valence-electron chi connectivity index (χ4n) is 4.91. The van der Waals surface area contributed by atoms with Gasteiger partial charge in [0.15, 0.2) is 0 Å². The van der Waals surface area contributed by atoms with E-state index in [0.29, 0.717) is 17.7 Å². The van der Waals surface area contributed by atoms with Crippen LogP contribution in [0.1, 0.15) is 69.7 Å². The van der Waals surface area contributed by atoms with Gasteiger partial charge in [0.05, 0.1) is 6.42 Å². The van der Waals surface area contributed by atoms with E-state index in [9.17, 15) is 19.2 Å². The van der Waals surface area contributed by atoms with Crippen molar-refractivity contribution in [1.82, 2.24) is 10.2 Å². The quantitative estimate of drug-likeness (QED) is 0.277. The molecule has 2 unspecified atom stereocenters. The predicted molar refractivity (Wildman–Crippen MR) is 165 cm³/mol. The summed E-state index contributed by atoms with van der Waals surface area (Å²) in [6, 6.07) is 16.7. The summed E-state index contributed by atoms with van der Waals surface area (Å²) < 4.78 is 5.35. The van der Waals surface area contributed by atoms with Crippen LogP contribution in [0, 0.1) is 13.8 Å². The summed E-state index contributed by atoms with van der Waals surface area (Å²) in [6.45, 7) is 11.1.